The van der Waals surface area contributed by atoms with Gasteiger partial charge in [-0.15, -0.1) is 0 Å². The van der Waals surface area contributed by atoms with Gasteiger partial charge in [-0.2, -0.15) is 0 Å². The molecule has 0 bridgehead atoms. The van der Waals surface area contributed by atoms with E-state index < -0.39 is 5.41 Å². The summed E-state index contributed by atoms with van der Waals surface area (Å²) in [6.45, 7) is -0.439. The van der Waals surface area contributed by atoms with E-state index in [2.05, 4.69) is 0 Å². The summed E-state index contributed by atoms with van der Waals surface area (Å²) in [6, 6.07) is 12.3. The summed E-state index contributed by atoms with van der Waals surface area (Å²) < 4.78 is 0. The van der Waals surface area contributed by atoms with Crippen molar-refractivity contribution < 1.29 is 10.2 Å². The molecule has 0 aliphatic heterocycles. The number of rotatable bonds is 5. The molecule has 2 aromatic carbocycles. The van der Waals surface area contributed by atoms with E-state index in [1.54, 1.807) is 36.4 Å². The molecule has 0 amide bonds. The second kappa shape index (κ2) is 6.99. The average molecular weight is 346 g/mol. The van der Waals surface area contributed by atoms with E-state index in [0.717, 1.165) is 11.1 Å². The fraction of sp³-hybridized carbons (Fsp3) is 0.250. The zero-order valence-electron chi connectivity index (χ0n) is 11.2. The van der Waals surface area contributed by atoms with Crippen LogP contribution in [0, 0.1) is 0 Å². The van der Waals surface area contributed by atoms with Crippen LogP contribution in [0.5, 0.6) is 0 Å². The summed E-state index contributed by atoms with van der Waals surface area (Å²) in [7, 11) is 0. The van der Waals surface area contributed by atoms with E-state index in [-0.39, 0.29) is 13.2 Å². The molecule has 2 aromatic rings. The third-order valence-electron chi connectivity index (χ3n) is 3.59. The van der Waals surface area contributed by atoms with Gasteiger partial charge in [0.15, 0.2) is 0 Å². The molecule has 112 valence electrons. The molecular formula is C16H15Cl3O2. The normalized spacial score (nSPS) is 11.7. The molecule has 21 heavy (non-hydrogen) atoms. The summed E-state index contributed by atoms with van der Waals surface area (Å²) in [5.41, 5.74) is 0.734. The first-order valence-electron chi connectivity index (χ1n) is 6.42. The number of benzene rings is 2. The summed E-state index contributed by atoms with van der Waals surface area (Å²) in [4.78, 5) is 0. The van der Waals surface area contributed by atoms with Gasteiger partial charge < -0.3 is 10.2 Å². The first kappa shape index (κ1) is 16.6. The van der Waals surface area contributed by atoms with Gasteiger partial charge in [0.1, 0.15) is 0 Å². The van der Waals surface area contributed by atoms with Crippen LogP contribution in [-0.2, 0) is 11.8 Å². The van der Waals surface area contributed by atoms with Crippen LogP contribution in [0.4, 0.5) is 0 Å². The first-order chi connectivity index (χ1) is 10.0. The zero-order valence-corrected chi connectivity index (χ0v) is 13.5. The topological polar surface area (TPSA) is 40.5 Å². The molecule has 5 heteroatoms. The summed E-state index contributed by atoms with van der Waals surface area (Å²) >= 11 is 18.1. The van der Waals surface area contributed by atoms with Gasteiger partial charge in [0.05, 0.1) is 13.2 Å². The molecule has 2 rings (SSSR count). The highest BCUT2D eigenvalue weighted by atomic mass is 35.5. The van der Waals surface area contributed by atoms with E-state index >= 15 is 0 Å². The smallest absolute Gasteiger partial charge is 0.0553 e. The van der Waals surface area contributed by atoms with Crippen molar-refractivity contribution in [2.24, 2.45) is 0 Å². The number of aliphatic hydroxyl groups is 2. The summed E-state index contributed by atoms with van der Waals surface area (Å²) in [5, 5.41) is 21.3. The average Bonchev–Trinajstić information content (AvgIpc) is 2.47. The number of hydrogen-bond donors (Lipinski definition) is 2. The molecule has 2 nitrogen and oxygen atoms in total. The fourth-order valence-electron chi connectivity index (χ4n) is 2.29. The Morgan fingerprint density at radius 2 is 1.52 bits per heavy atom. The summed E-state index contributed by atoms with van der Waals surface area (Å²) in [5.74, 6) is 0. The van der Waals surface area contributed by atoms with Crippen LogP contribution in [0.1, 0.15) is 11.1 Å². The Labute approximate surface area is 138 Å². The lowest BCUT2D eigenvalue weighted by Gasteiger charge is -2.31. The van der Waals surface area contributed by atoms with E-state index in [4.69, 9.17) is 34.8 Å². The Hall–Kier alpha value is -0.770. The van der Waals surface area contributed by atoms with Crippen LogP contribution in [0.25, 0.3) is 0 Å². The fourth-order valence-corrected chi connectivity index (χ4v) is 2.96. The van der Waals surface area contributed by atoms with Crippen molar-refractivity contribution in [1.29, 1.82) is 0 Å². The van der Waals surface area contributed by atoms with Gasteiger partial charge in [-0.25, -0.2) is 0 Å². The third-order valence-corrected chi connectivity index (χ3v) is 4.41. The molecule has 2 N–H and O–H groups in total. The number of halogens is 3. The Kier molecular flexibility index (Phi) is 5.53. The molecule has 0 atom stereocenters. The van der Waals surface area contributed by atoms with Crippen molar-refractivity contribution in [2.75, 3.05) is 13.2 Å². The number of hydrogen-bond acceptors (Lipinski definition) is 2. The Morgan fingerprint density at radius 3 is 2.10 bits per heavy atom. The maximum atomic E-state index is 9.86. The van der Waals surface area contributed by atoms with Crippen LogP contribution >= 0.6 is 34.8 Å². The van der Waals surface area contributed by atoms with Crippen LogP contribution in [0.15, 0.2) is 42.5 Å². The highest BCUT2D eigenvalue weighted by Gasteiger charge is 2.32. The third kappa shape index (κ3) is 3.71. The van der Waals surface area contributed by atoms with E-state index in [1.165, 1.54) is 0 Å². The van der Waals surface area contributed by atoms with Crippen molar-refractivity contribution in [1.82, 2.24) is 0 Å². The minimum atomic E-state index is -0.845. The SMILES string of the molecule is OCC(CO)(Cc1ccc(Cl)cc1Cl)c1cccc(Cl)c1. The van der Waals surface area contributed by atoms with Crippen molar-refractivity contribution in [3.05, 3.63) is 68.7 Å². The Bertz CT molecular complexity index is 625. The second-order valence-corrected chi connectivity index (χ2v) is 6.30. The largest absolute Gasteiger partial charge is 0.395 e. The van der Waals surface area contributed by atoms with E-state index in [1.807, 2.05) is 6.07 Å². The van der Waals surface area contributed by atoms with Gasteiger partial charge in [0.25, 0.3) is 0 Å². The maximum absolute atomic E-state index is 9.86. The van der Waals surface area contributed by atoms with Gasteiger partial charge in [-0.1, -0.05) is 53.0 Å². The molecule has 0 heterocycles. The highest BCUT2D eigenvalue weighted by Crippen LogP contribution is 2.33. The zero-order chi connectivity index (χ0) is 15.5. The van der Waals surface area contributed by atoms with Crippen molar-refractivity contribution in [3.8, 4) is 0 Å². The van der Waals surface area contributed by atoms with Crippen molar-refractivity contribution in [3.63, 3.8) is 0 Å². The van der Waals surface area contributed by atoms with Crippen LogP contribution in [0.2, 0.25) is 15.1 Å². The molecule has 0 saturated heterocycles. The van der Waals surface area contributed by atoms with Gasteiger partial charge in [0.2, 0.25) is 0 Å². The van der Waals surface area contributed by atoms with Crippen LogP contribution < -0.4 is 0 Å². The Balaban J connectivity index is 2.43. The first-order valence-corrected chi connectivity index (χ1v) is 7.56. The van der Waals surface area contributed by atoms with Crippen molar-refractivity contribution in [2.45, 2.75) is 11.8 Å². The lowest BCUT2D eigenvalue weighted by Crippen LogP contribution is -2.37. The lowest BCUT2D eigenvalue weighted by molar-refractivity contribution is 0.116. The van der Waals surface area contributed by atoms with Gasteiger partial charge >= 0.3 is 0 Å². The quantitative estimate of drug-likeness (QED) is 0.856. The molecule has 0 radical (unpaired) electrons. The van der Waals surface area contributed by atoms with Crippen LogP contribution in [0.3, 0.4) is 0 Å². The standard InChI is InChI=1S/C16H15Cl3O2/c17-13-3-1-2-12(6-13)16(9-20,10-21)8-11-4-5-14(18)7-15(11)19/h1-7,20-21H,8-10H2. The monoisotopic (exact) mass is 344 g/mol. The molecule has 0 spiro atoms. The van der Waals surface area contributed by atoms with E-state index in [0.29, 0.717) is 21.5 Å². The molecule has 0 aliphatic rings. The van der Waals surface area contributed by atoms with Crippen molar-refractivity contribution >= 4 is 34.8 Å². The van der Waals surface area contributed by atoms with E-state index in [9.17, 15) is 10.2 Å². The van der Waals surface area contributed by atoms with Gasteiger partial charge in [-0.05, 0) is 41.8 Å². The summed E-state index contributed by atoms with van der Waals surface area (Å²) in [6.07, 6.45) is 0.385. The highest BCUT2D eigenvalue weighted by molar-refractivity contribution is 6.35. The maximum Gasteiger partial charge on any atom is 0.0553 e. The minimum absolute atomic E-state index is 0.219. The minimum Gasteiger partial charge on any atom is -0.395 e. The predicted octanol–water partition coefficient (Wildman–Crippen LogP) is 4.11. The molecule has 0 aliphatic carbocycles. The molecule has 0 unspecified atom stereocenters. The number of aliphatic hydroxyl groups excluding tert-OH is 2. The molecular weight excluding hydrogens is 331 g/mol. The predicted molar refractivity (Wildman–Crippen MR) is 87.5 cm³/mol. The van der Waals surface area contributed by atoms with Gasteiger partial charge in [-0.3, -0.25) is 0 Å². The molecule has 0 saturated carbocycles. The van der Waals surface area contributed by atoms with Gasteiger partial charge in [0, 0.05) is 20.5 Å². The Morgan fingerprint density at radius 1 is 0.857 bits per heavy atom. The molecule has 0 aromatic heterocycles. The lowest BCUT2D eigenvalue weighted by atomic mass is 9.77. The van der Waals surface area contributed by atoms with Crippen LogP contribution in [-0.4, -0.2) is 23.4 Å². The second-order valence-electron chi connectivity index (χ2n) is 5.02. The molecule has 0 fully saturated rings.